The van der Waals surface area contributed by atoms with E-state index in [0.29, 0.717) is 5.75 Å². The largest absolute Gasteiger partial charge is 0.412 e. The lowest BCUT2D eigenvalue weighted by atomic mass is 10.2. The second-order valence-electron chi connectivity index (χ2n) is 3.15. The van der Waals surface area contributed by atoms with Crippen molar-refractivity contribution in [3.63, 3.8) is 0 Å². The molecule has 0 atom stereocenters. The lowest BCUT2D eigenvalue weighted by molar-refractivity contribution is 0.203. The van der Waals surface area contributed by atoms with Crippen LogP contribution in [0.3, 0.4) is 0 Å². The summed E-state index contributed by atoms with van der Waals surface area (Å²) >= 11 is 1.55. The van der Waals surface area contributed by atoms with Crippen LogP contribution < -0.4 is 10.1 Å². The van der Waals surface area contributed by atoms with Gasteiger partial charge < -0.3 is 10.1 Å². The second kappa shape index (κ2) is 4.81. The van der Waals surface area contributed by atoms with Crippen LogP contribution in [-0.2, 0) is 0 Å². The highest BCUT2D eigenvalue weighted by atomic mass is 32.1. The van der Waals surface area contributed by atoms with Crippen molar-refractivity contribution in [1.82, 2.24) is 5.32 Å². The van der Waals surface area contributed by atoms with Crippen molar-refractivity contribution in [3.05, 3.63) is 41.8 Å². The number of amides is 1. The summed E-state index contributed by atoms with van der Waals surface area (Å²) < 4.78 is 5.03. The second-order valence-corrected chi connectivity index (χ2v) is 4.06. The molecule has 2 rings (SSSR count). The summed E-state index contributed by atoms with van der Waals surface area (Å²) in [4.78, 5) is 12.1. The van der Waals surface area contributed by atoms with Crippen LogP contribution in [0.5, 0.6) is 5.75 Å². The number of carbonyl (C=O) groups is 1. The van der Waals surface area contributed by atoms with Gasteiger partial charge in [-0.05, 0) is 11.6 Å². The standard InChI is InChI=1S/C12H11NO2S/c1-13-12(14)15-10-7-11(16-8-10)9-5-3-2-4-6-9/h2-8H,1H3,(H,13,14). The van der Waals surface area contributed by atoms with Crippen LogP contribution in [0.15, 0.2) is 41.8 Å². The molecule has 0 unspecified atom stereocenters. The first kappa shape index (κ1) is 10.7. The quantitative estimate of drug-likeness (QED) is 0.865. The predicted molar refractivity (Wildman–Crippen MR) is 64.8 cm³/mol. The first-order chi connectivity index (χ1) is 7.79. The number of benzene rings is 1. The molecule has 0 spiro atoms. The molecule has 82 valence electrons. The summed E-state index contributed by atoms with van der Waals surface area (Å²) in [7, 11) is 1.53. The Labute approximate surface area is 97.7 Å². The third-order valence-corrected chi connectivity index (χ3v) is 3.01. The third kappa shape index (κ3) is 2.41. The molecule has 1 aromatic carbocycles. The van der Waals surface area contributed by atoms with Crippen LogP contribution in [0.1, 0.15) is 0 Å². The van der Waals surface area contributed by atoms with E-state index in [4.69, 9.17) is 4.74 Å². The van der Waals surface area contributed by atoms with E-state index in [9.17, 15) is 4.79 Å². The normalized spacial score (nSPS) is 9.81. The fourth-order valence-corrected chi connectivity index (χ4v) is 2.10. The summed E-state index contributed by atoms with van der Waals surface area (Å²) in [5, 5.41) is 4.22. The molecule has 0 aliphatic heterocycles. The minimum absolute atomic E-state index is 0.447. The molecule has 0 bridgehead atoms. The number of carbonyl (C=O) groups excluding carboxylic acids is 1. The van der Waals surface area contributed by atoms with Gasteiger partial charge in [0, 0.05) is 17.3 Å². The fraction of sp³-hybridized carbons (Fsp3) is 0.0833. The molecule has 16 heavy (non-hydrogen) atoms. The first-order valence-electron chi connectivity index (χ1n) is 4.83. The van der Waals surface area contributed by atoms with E-state index in [2.05, 4.69) is 5.32 Å². The zero-order valence-corrected chi connectivity index (χ0v) is 9.58. The molecule has 2 aromatic rings. The summed E-state index contributed by atoms with van der Waals surface area (Å²) in [5.41, 5.74) is 1.12. The minimum atomic E-state index is -0.447. The SMILES string of the molecule is CNC(=O)Oc1csc(-c2ccccc2)c1. The molecule has 0 saturated carbocycles. The Bertz CT molecular complexity index is 479. The molecular weight excluding hydrogens is 222 g/mol. The summed E-state index contributed by atoms with van der Waals surface area (Å²) in [6, 6.07) is 11.8. The van der Waals surface area contributed by atoms with Gasteiger partial charge in [-0.15, -0.1) is 11.3 Å². The Morgan fingerprint density at radius 1 is 1.31 bits per heavy atom. The van der Waals surface area contributed by atoms with E-state index in [1.807, 2.05) is 41.8 Å². The Hall–Kier alpha value is -1.81. The number of rotatable bonds is 2. The highest BCUT2D eigenvalue weighted by molar-refractivity contribution is 7.13. The maximum atomic E-state index is 11.0. The number of ether oxygens (including phenoxy) is 1. The third-order valence-electron chi connectivity index (χ3n) is 2.05. The first-order valence-corrected chi connectivity index (χ1v) is 5.71. The smallest absolute Gasteiger partial charge is 0.409 e. The van der Waals surface area contributed by atoms with E-state index < -0.39 is 6.09 Å². The average molecular weight is 233 g/mol. The van der Waals surface area contributed by atoms with Crippen molar-refractivity contribution in [2.24, 2.45) is 0 Å². The van der Waals surface area contributed by atoms with Gasteiger partial charge in [0.25, 0.3) is 0 Å². The molecule has 0 saturated heterocycles. The molecule has 4 heteroatoms. The molecule has 0 radical (unpaired) electrons. The zero-order valence-electron chi connectivity index (χ0n) is 8.77. The van der Waals surface area contributed by atoms with E-state index in [1.165, 1.54) is 7.05 Å². The van der Waals surface area contributed by atoms with E-state index in [-0.39, 0.29) is 0 Å². The lowest BCUT2D eigenvalue weighted by Gasteiger charge is -1.98. The molecule has 1 heterocycles. The fourth-order valence-electron chi connectivity index (χ4n) is 1.28. The average Bonchev–Trinajstić information content (AvgIpc) is 2.78. The molecule has 0 aliphatic carbocycles. The number of hydrogen-bond donors (Lipinski definition) is 1. The van der Waals surface area contributed by atoms with Gasteiger partial charge in [-0.2, -0.15) is 0 Å². The van der Waals surface area contributed by atoms with Crippen molar-refractivity contribution in [3.8, 4) is 16.2 Å². The van der Waals surface area contributed by atoms with E-state index >= 15 is 0 Å². The summed E-state index contributed by atoms with van der Waals surface area (Å²) in [6.45, 7) is 0. The van der Waals surface area contributed by atoms with Gasteiger partial charge in [-0.25, -0.2) is 4.79 Å². The predicted octanol–water partition coefficient (Wildman–Crippen LogP) is 3.13. The van der Waals surface area contributed by atoms with Crippen molar-refractivity contribution in [2.75, 3.05) is 7.05 Å². The Morgan fingerprint density at radius 3 is 2.75 bits per heavy atom. The lowest BCUT2D eigenvalue weighted by Crippen LogP contribution is -2.21. The van der Waals surface area contributed by atoms with Crippen LogP contribution in [0.25, 0.3) is 10.4 Å². The van der Waals surface area contributed by atoms with Crippen LogP contribution in [0.4, 0.5) is 4.79 Å². The van der Waals surface area contributed by atoms with Crippen LogP contribution in [-0.4, -0.2) is 13.1 Å². The van der Waals surface area contributed by atoms with Gasteiger partial charge in [-0.3, -0.25) is 0 Å². The molecule has 1 aromatic heterocycles. The molecule has 0 fully saturated rings. The summed E-state index contributed by atoms with van der Waals surface area (Å²) in [6.07, 6.45) is -0.447. The maximum absolute atomic E-state index is 11.0. The topological polar surface area (TPSA) is 38.3 Å². The van der Waals surface area contributed by atoms with Crippen LogP contribution in [0, 0.1) is 0 Å². The Kier molecular flexibility index (Phi) is 3.22. The van der Waals surface area contributed by atoms with Gasteiger partial charge in [0.1, 0.15) is 5.75 Å². The van der Waals surface area contributed by atoms with E-state index in [0.717, 1.165) is 10.4 Å². The molecular formula is C12H11NO2S. The maximum Gasteiger partial charge on any atom is 0.412 e. The van der Waals surface area contributed by atoms with Gasteiger partial charge in [0.05, 0.1) is 0 Å². The molecule has 1 amide bonds. The number of nitrogens with one attached hydrogen (secondary N) is 1. The molecule has 3 nitrogen and oxygen atoms in total. The van der Waals surface area contributed by atoms with E-state index in [1.54, 1.807) is 11.3 Å². The summed E-state index contributed by atoms with van der Waals surface area (Å²) in [5.74, 6) is 0.572. The van der Waals surface area contributed by atoms with Crippen LogP contribution in [0.2, 0.25) is 0 Å². The Morgan fingerprint density at radius 2 is 2.06 bits per heavy atom. The van der Waals surface area contributed by atoms with Crippen molar-refractivity contribution in [2.45, 2.75) is 0 Å². The van der Waals surface area contributed by atoms with Gasteiger partial charge in [-0.1, -0.05) is 30.3 Å². The monoisotopic (exact) mass is 233 g/mol. The Balaban J connectivity index is 2.17. The van der Waals surface area contributed by atoms with Gasteiger partial charge in [0.15, 0.2) is 0 Å². The minimum Gasteiger partial charge on any atom is -0.409 e. The van der Waals surface area contributed by atoms with Crippen molar-refractivity contribution >= 4 is 17.4 Å². The van der Waals surface area contributed by atoms with Crippen LogP contribution >= 0.6 is 11.3 Å². The zero-order chi connectivity index (χ0) is 11.4. The molecule has 1 N–H and O–H groups in total. The van der Waals surface area contributed by atoms with Crippen molar-refractivity contribution < 1.29 is 9.53 Å². The highest BCUT2D eigenvalue weighted by Gasteiger charge is 2.06. The number of thiophene rings is 1. The molecule has 0 aliphatic rings. The van der Waals surface area contributed by atoms with Crippen molar-refractivity contribution in [1.29, 1.82) is 0 Å². The van der Waals surface area contributed by atoms with Gasteiger partial charge >= 0.3 is 6.09 Å². The highest BCUT2D eigenvalue weighted by Crippen LogP contribution is 2.30. The van der Waals surface area contributed by atoms with Gasteiger partial charge in [0.2, 0.25) is 0 Å². The number of hydrogen-bond acceptors (Lipinski definition) is 3.